The number of nitrogens with one attached hydrogen (secondary N) is 2. The Morgan fingerprint density at radius 2 is 1.96 bits per heavy atom. The zero-order valence-corrected chi connectivity index (χ0v) is 13.4. The summed E-state index contributed by atoms with van der Waals surface area (Å²) in [7, 11) is 0. The lowest BCUT2D eigenvalue weighted by molar-refractivity contribution is -0.384. The first kappa shape index (κ1) is 16.3. The number of non-ortho nitro benzene ring substituents is 1. The van der Waals surface area contributed by atoms with Gasteiger partial charge in [-0.05, 0) is 6.07 Å². The summed E-state index contributed by atoms with van der Waals surface area (Å²) in [5, 5.41) is 11.1. The monoisotopic (exact) mass is 337 g/mol. The molecule has 3 rings (SSSR count). The summed E-state index contributed by atoms with van der Waals surface area (Å²) in [6, 6.07) is 13.8. The van der Waals surface area contributed by atoms with Gasteiger partial charge in [0, 0.05) is 30.2 Å². The molecule has 0 radical (unpaired) electrons. The number of aliphatic imine (C=N–C) groups is 2. The Morgan fingerprint density at radius 3 is 2.64 bits per heavy atom. The minimum atomic E-state index is -0.450. The summed E-state index contributed by atoms with van der Waals surface area (Å²) in [6.45, 7) is 1.58. The Hall–Kier alpha value is -3.55. The number of nitrogens with zero attached hydrogens (tertiary/aromatic N) is 3. The number of amidine groups is 1. The minimum absolute atomic E-state index is 0.0316. The highest BCUT2D eigenvalue weighted by Crippen LogP contribution is 2.29. The first-order valence-corrected chi connectivity index (χ1v) is 7.53. The average molecular weight is 337 g/mol. The van der Waals surface area contributed by atoms with Gasteiger partial charge in [-0.2, -0.15) is 0 Å². The van der Waals surface area contributed by atoms with Gasteiger partial charge in [0.15, 0.2) is 0 Å². The molecule has 25 heavy (non-hydrogen) atoms. The lowest BCUT2D eigenvalue weighted by Crippen LogP contribution is -2.41. The van der Waals surface area contributed by atoms with Crippen LogP contribution in [0.5, 0.6) is 0 Å². The fraction of sp³-hybridized carbons (Fsp3) is 0.118. The highest BCUT2D eigenvalue weighted by Gasteiger charge is 2.19. The topological polar surface area (TPSA) is 109 Å². The van der Waals surface area contributed by atoms with Crippen LogP contribution >= 0.6 is 0 Å². The van der Waals surface area contributed by atoms with Gasteiger partial charge >= 0.3 is 0 Å². The number of carbonyl (C=O) groups is 1. The van der Waals surface area contributed by atoms with Crippen molar-refractivity contribution in [2.45, 2.75) is 6.92 Å². The second-order valence-electron chi connectivity index (χ2n) is 5.35. The molecule has 2 N–H and O–H groups in total. The van der Waals surface area contributed by atoms with E-state index in [0.717, 1.165) is 5.56 Å². The van der Waals surface area contributed by atoms with Gasteiger partial charge in [0.25, 0.3) is 5.69 Å². The molecule has 0 bridgehead atoms. The third-order valence-electron chi connectivity index (χ3n) is 3.52. The minimum Gasteiger partial charge on any atom is -0.284 e. The number of hydrogen-bond acceptors (Lipinski definition) is 6. The molecular weight excluding hydrogens is 322 g/mol. The molecule has 0 aliphatic carbocycles. The maximum atomic E-state index is 11.1. The highest BCUT2D eigenvalue weighted by atomic mass is 16.6. The standard InChI is InChI=1S/C17H15N5O3/c1-11(23)20-21-16-10-18-17(12-5-3-2-4-6-12)14-9-13(22(24)25)7-8-15(14)19-16/h2-9H,10H2,1H3,(H,19,21)(H,20,23). The zero-order chi connectivity index (χ0) is 17.8. The third-order valence-corrected chi connectivity index (χ3v) is 3.52. The van der Waals surface area contributed by atoms with Crippen LogP contribution in [0.15, 0.2) is 58.5 Å². The quantitative estimate of drug-likeness (QED) is 0.646. The number of fused-ring (bicyclic) bond motifs is 1. The van der Waals surface area contributed by atoms with Crippen molar-refractivity contribution < 1.29 is 9.72 Å². The summed E-state index contributed by atoms with van der Waals surface area (Å²) in [5.74, 6) is 0.180. The molecule has 1 amide bonds. The normalized spacial score (nSPS) is 13.0. The summed E-state index contributed by atoms with van der Waals surface area (Å²) in [5.41, 5.74) is 7.71. The van der Waals surface area contributed by atoms with E-state index in [9.17, 15) is 14.9 Å². The number of hydrogen-bond donors (Lipinski definition) is 2. The summed E-state index contributed by atoms with van der Waals surface area (Å²) >= 11 is 0. The van der Waals surface area contributed by atoms with Crippen LogP contribution < -0.4 is 10.9 Å². The largest absolute Gasteiger partial charge is 0.284 e. The predicted molar refractivity (Wildman–Crippen MR) is 94.1 cm³/mol. The van der Waals surface area contributed by atoms with Crippen LogP contribution in [0.25, 0.3) is 0 Å². The number of amides is 1. The SMILES string of the molecule is CC(=O)NNC1=Nc2ccc([N+](=O)[O-])cc2C(c2ccccc2)=NC1. The van der Waals surface area contributed by atoms with Gasteiger partial charge < -0.3 is 0 Å². The summed E-state index contributed by atoms with van der Waals surface area (Å²) in [4.78, 5) is 30.7. The lowest BCUT2D eigenvalue weighted by Gasteiger charge is -2.08. The molecule has 0 atom stereocenters. The molecule has 8 nitrogen and oxygen atoms in total. The molecule has 126 valence electrons. The molecule has 0 saturated heterocycles. The molecule has 2 aromatic rings. The molecule has 0 saturated carbocycles. The number of nitro groups is 1. The number of carbonyl (C=O) groups excluding carboxylic acids is 1. The molecule has 0 unspecified atom stereocenters. The maximum absolute atomic E-state index is 11.1. The Labute approximate surface area is 143 Å². The third kappa shape index (κ3) is 3.69. The number of rotatable bonds is 2. The molecule has 2 aromatic carbocycles. The van der Waals surface area contributed by atoms with E-state index in [0.29, 0.717) is 22.8 Å². The van der Waals surface area contributed by atoms with Gasteiger partial charge in [-0.1, -0.05) is 30.3 Å². The Morgan fingerprint density at radius 1 is 1.20 bits per heavy atom. The van der Waals surface area contributed by atoms with Crippen molar-refractivity contribution in [3.63, 3.8) is 0 Å². The van der Waals surface area contributed by atoms with Crippen molar-refractivity contribution in [2.24, 2.45) is 9.98 Å². The molecule has 8 heteroatoms. The van der Waals surface area contributed by atoms with Crippen LogP contribution in [0, 0.1) is 10.1 Å². The smallest absolute Gasteiger partial charge is 0.270 e. The average Bonchev–Trinajstić information content (AvgIpc) is 2.79. The van der Waals surface area contributed by atoms with Crippen molar-refractivity contribution >= 4 is 28.8 Å². The molecule has 1 heterocycles. The number of hydrazine groups is 1. The van der Waals surface area contributed by atoms with Gasteiger partial charge in [0.05, 0.1) is 22.9 Å². The van der Waals surface area contributed by atoms with Crippen molar-refractivity contribution in [2.75, 3.05) is 6.54 Å². The van der Waals surface area contributed by atoms with E-state index in [-0.39, 0.29) is 18.1 Å². The van der Waals surface area contributed by atoms with Crippen LogP contribution in [0.3, 0.4) is 0 Å². The molecule has 0 spiro atoms. The second-order valence-corrected chi connectivity index (χ2v) is 5.35. The van der Waals surface area contributed by atoms with Gasteiger partial charge in [-0.25, -0.2) is 4.99 Å². The van der Waals surface area contributed by atoms with Crippen molar-refractivity contribution in [1.29, 1.82) is 0 Å². The maximum Gasteiger partial charge on any atom is 0.270 e. The van der Waals surface area contributed by atoms with Crippen LogP contribution in [0.2, 0.25) is 0 Å². The van der Waals surface area contributed by atoms with Crippen LogP contribution in [0.1, 0.15) is 18.1 Å². The first-order valence-electron chi connectivity index (χ1n) is 7.53. The van der Waals surface area contributed by atoms with E-state index < -0.39 is 4.92 Å². The van der Waals surface area contributed by atoms with Crippen LogP contribution in [-0.4, -0.2) is 28.9 Å². The Balaban J connectivity index is 2.09. The molecular formula is C17H15N5O3. The van der Waals surface area contributed by atoms with Crippen molar-refractivity contribution in [1.82, 2.24) is 10.9 Å². The fourth-order valence-electron chi connectivity index (χ4n) is 2.42. The fourth-order valence-corrected chi connectivity index (χ4v) is 2.42. The Kier molecular flexibility index (Phi) is 4.51. The number of benzene rings is 2. The molecule has 0 aromatic heterocycles. The molecule has 0 fully saturated rings. The van der Waals surface area contributed by atoms with E-state index >= 15 is 0 Å². The highest BCUT2D eigenvalue weighted by molar-refractivity contribution is 6.17. The van der Waals surface area contributed by atoms with Gasteiger partial charge in [-0.3, -0.25) is 30.8 Å². The van der Waals surface area contributed by atoms with Gasteiger partial charge in [0.1, 0.15) is 5.84 Å². The van der Waals surface area contributed by atoms with Gasteiger partial charge in [0.2, 0.25) is 5.91 Å². The van der Waals surface area contributed by atoms with Crippen LogP contribution in [-0.2, 0) is 4.79 Å². The van der Waals surface area contributed by atoms with E-state index in [1.807, 2.05) is 30.3 Å². The van der Waals surface area contributed by atoms with Crippen molar-refractivity contribution in [3.05, 3.63) is 69.8 Å². The predicted octanol–water partition coefficient (Wildman–Crippen LogP) is 2.12. The number of nitro benzene ring substituents is 1. The lowest BCUT2D eigenvalue weighted by atomic mass is 10.00. The van der Waals surface area contributed by atoms with E-state index in [1.165, 1.54) is 19.1 Å². The molecule has 1 aliphatic heterocycles. The van der Waals surface area contributed by atoms with E-state index in [4.69, 9.17) is 0 Å². The zero-order valence-electron chi connectivity index (χ0n) is 13.4. The van der Waals surface area contributed by atoms with Crippen LogP contribution in [0.4, 0.5) is 11.4 Å². The Bertz CT molecular complexity index is 890. The van der Waals surface area contributed by atoms with Gasteiger partial charge in [-0.15, -0.1) is 0 Å². The van der Waals surface area contributed by atoms with Crippen molar-refractivity contribution in [3.8, 4) is 0 Å². The summed E-state index contributed by atoms with van der Waals surface area (Å²) in [6.07, 6.45) is 0. The second kappa shape index (κ2) is 6.91. The van der Waals surface area contributed by atoms with E-state index in [2.05, 4.69) is 20.8 Å². The first-order chi connectivity index (χ1) is 12.0. The molecule has 1 aliphatic rings. The summed E-state index contributed by atoms with van der Waals surface area (Å²) < 4.78 is 0. The van der Waals surface area contributed by atoms with E-state index in [1.54, 1.807) is 6.07 Å².